The van der Waals surface area contributed by atoms with Gasteiger partial charge in [0.15, 0.2) is 0 Å². The van der Waals surface area contributed by atoms with E-state index in [1.165, 1.54) is 25.0 Å². The standard InChI is InChI=1S/C22H26FN3O2/c23-17-7-8-19-16(11-17)12-18(22(24)28)21(25-19)15-6-3-9-26(13-15)20(27)10-14-4-1-2-5-14/h7-8,11-12,14-15H,1-6,9-10,13H2,(H2,24,28)/t15-/m1/s1. The molecule has 2 amide bonds. The van der Waals surface area contributed by atoms with Crippen LogP contribution in [-0.2, 0) is 4.79 Å². The Bertz CT molecular complexity index is 908. The van der Waals surface area contributed by atoms with Gasteiger partial charge in [0, 0.05) is 30.8 Å². The van der Waals surface area contributed by atoms with Gasteiger partial charge >= 0.3 is 0 Å². The first-order chi connectivity index (χ1) is 13.5. The van der Waals surface area contributed by atoms with Crippen LogP contribution in [0.2, 0.25) is 0 Å². The smallest absolute Gasteiger partial charge is 0.250 e. The SMILES string of the molecule is NC(=O)c1cc2cc(F)ccc2nc1[C@@H]1CCCN(C(=O)CC2CCCC2)C1. The van der Waals surface area contributed by atoms with Crippen molar-refractivity contribution in [3.05, 3.63) is 41.3 Å². The Morgan fingerprint density at radius 1 is 1.14 bits per heavy atom. The van der Waals surface area contributed by atoms with Crippen LogP contribution in [0.3, 0.4) is 0 Å². The Labute approximate surface area is 164 Å². The number of hydrogen-bond acceptors (Lipinski definition) is 3. The van der Waals surface area contributed by atoms with E-state index in [4.69, 9.17) is 5.73 Å². The molecule has 4 rings (SSSR count). The number of benzene rings is 1. The number of nitrogens with zero attached hydrogens (tertiary/aromatic N) is 2. The summed E-state index contributed by atoms with van der Waals surface area (Å²) < 4.78 is 13.5. The molecule has 0 radical (unpaired) electrons. The fourth-order valence-corrected chi connectivity index (χ4v) is 4.69. The number of nitrogens with two attached hydrogens (primary N) is 1. The van der Waals surface area contributed by atoms with Crippen LogP contribution in [0.1, 0.15) is 66.9 Å². The van der Waals surface area contributed by atoms with E-state index in [-0.39, 0.29) is 17.6 Å². The van der Waals surface area contributed by atoms with Gasteiger partial charge in [0.05, 0.1) is 16.8 Å². The molecule has 2 N–H and O–H groups in total. The zero-order chi connectivity index (χ0) is 19.7. The Hall–Kier alpha value is -2.50. The van der Waals surface area contributed by atoms with Gasteiger partial charge in [-0.05, 0) is 55.9 Å². The maximum Gasteiger partial charge on any atom is 0.250 e. The van der Waals surface area contributed by atoms with Gasteiger partial charge in [-0.15, -0.1) is 0 Å². The monoisotopic (exact) mass is 383 g/mol. The molecule has 0 spiro atoms. The molecule has 148 valence electrons. The van der Waals surface area contributed by atoms with Gasteiger partial charge in [-0.25, -0.2) is 4.39 Å². The Morgan fingerprint density at radius 2 is 1.93 bits per heavy atom. The molecule has 1 saturated carbocycles. The first kappa shape index (κ1) is 18.8. The molecule has 2 heterocycles. The second kappa shape index (κ2) is 7.86. The third-order valence-corrected chi connectivity index (χ3v) is 6.17. The lowest BCUT2D eigenvalue weighted by Crippen LogP contribution is -2.40. The quantitative estimate of drug-likeness (QED) is 0.873. The van der Waals surface area contributed by atoms with Gasteiger partial charge in [-0.2, -0.15) is 0 Å². The van der Waals surface area contributed by atoms with Crippen LogP contribution in [0.25, 0.3) is 10.9 Å². The van der Waals surface area contributed by atoms with Crippen molar-refractivity contribution in [2.24, 2.45) is 11.7 Å². The molecule has 6 heteroatoms. The number of piperidine rings is 1. The van der Waals surface area contributed by atoms with E-state index < -0.39 is 5.91 Å². The number of rotatable bonds is 4. The van der Waals surface area contributed by atoms with Crippen LogP contribution >= 0.6 is 0 Å². The highest BCUT2D eigenvalue weighted by atomic mass is 19.1. The zero-order valence-corrected chi connectivity index (χ0v) is 16.0. The molecular formula is C22H26FN3O2. The summed E-state index contributed by atoms with van der Waals surface area (Å²) in [4.78, 5) is 31.4. The fourth-order valence-electron chi connectivity index (χ4n) is 4.69. The predicted octanol–water partition coefficient (Wildman–Crippen LogP) is 3.76. The lowest BCUT2D eigenvalue weighted by Gasteiger charge is -2.34. The average Bonchev–Trinajstić information content (AvgIpc) is 3.20. The number of fused-ring (bicyclic) bond motifs is 1. The Kier molecular flexibility index (Phi) is 5.29. The van der Waals surface area contributed by atoms with Gasteiger partial charge in [0.1, 0.15) is 5.82 Å². The van der Waals surface area contributed by atoms with Crippen LogP contribution in [0, 0.1) is 11.7 Å². The van der Waals surface area contributed by atoms with Crippen molar-refractivity contribution < 1.29 is 14.0 Å². The van der Waals surface area contributed by atoms with Gasteiger partial charge < -0.3 is 10.6 Å². The number of hydrogen-bond donors (Lipinski definition) is 1. The van der Waals surface area contributed by atoms with E-state index in [9.17, 15) is 14.0 Å². The topological polar surface area (TPSA) is 76.3 Å². The lowest BCUT2D eigenvalue weighted by atomic mass is 9.90. The number of likely N-dealkylation sites (tertiary alicyclic amines) is 1. The van der Waals surface area contributed by atoms with Crippen LogP contribution in [0.5, 0.6) is 0 Å². The van der Waals surface area contributed by atoms with Crippen molar-refractivity contribution in [3.8, 4) is 0 Å². The highest BCUT2D eigenvalue weighted by Gasteiger charge is 2.30. The summed E-state index contributed by atoms with van der Waals surface area (Å²) in [6.45, 7) is 1.32. The largest absolute Gasteiger partial charge is 0.366 e. The van der Waals surface area contributed by atoms with Crippen molar-refractivity contribution in [3.63, 3.8) is 0 Å². The molecule has 2 aliphatic rings. The normalized spacial score (nSPS) is 20.6. The summed E-state index contributed by atoms with van der Waals surface area (Å²) in [6, 6.07) is 5.96. The van der Waals surface area contributed by atoms with Gasteiger partial charge in [0.2, 0.25) is 5.91 Å². The minimum absolute atomic E-state index is 0.0294. The highest BCUT2D eigenvalue weighted by Crippen LogP contribution is 2.32. The molecular weight excluding hydrogens is 357 g/mol. The second-order valence-electron chi connectivity index (χ2n) is 8.16. The third kappa shape index (κ3) is 3.86. The number of carbonyl (C=O) groups excluding carboxylic acids is 2. The van der Waals surface area contributed by atoms with Crippen molar-refractivity contribution >= 4 is 22.7 Å². The summed E-state index contributed by atoms with van der Waals surface area (Å²) in [5.74, 6) is -0.247. The minimum Gasteiger partial charge on any atom is -0.366 e. The average molecular weight is 383 g/mol. The van der Waals surface area contributed by atoms with Crippen molar-refractivity contribution in [1.29, 1.82) is 0 Å². The summed E-state index contributed by atoms with van der Waals surface area (Å²) in [5, 5.41) is 0.558. The summed E-state index contributed by atoms with van der Waals surface area (Å²) in [5.41, 5.74) is 7.19. The Morgan fingerprint density at radius 3 is 2.68 bits per heavy atom. The lowest BCUT2D eigenvalue weighted by molar-refractivity contribution is -0.133. The molecule has 28 heavy (non-hydrogen) atoms. The number of primary amides is 1. The van der Waals surface area contributed by atoms with E-state index in [2.05, 4.69) is 4.98 Å². The molecule has 2 fully saturated rings. The van der Waals surface area contributed by atoms with E-state index in [1.54, 1.807) is 12.1 Å². The van der Waals surface area contributed by atoms with Crippen LogP contribution in [0.4, 0.5) is 4.39 Å². The number of pyridine rings is 1. The predicted molar refractivity (Wildman–Crippen MR) is 105 cm³/mol. The molecule has 1 aromatic carbocycles. The molecule has 0 unspecified atom stereocenters. The first-order valence-electron chi connectivity index (χ1n) is 10.2. The van der Waals surface area contributed by atoms with Crippen molar-refractivity contribution in [2.75, 3.05) is 13.1 Å². The fraction of sp³-hybridized carbons (Fsp3) is 0.500. The Balaban J connectivity index is 1.59. The number of halogens is 1. The molecule has 1 saturated heterocycles. The van der Waals surface area contributed by atoms with Crippen molar-refractivity contribution in [2.45, 2.75) is 50.9 Å². The maximum absolute atomic E-state index is 13.5. The molecule has 1 aromatic heterocycles. The summed E-state index contributed by atoms with van der Waals surface area (Å²) in [6.07, 6.45) is 7.11. The van der Waals surface area contributed by atoms with Crippen LogP contribution in [0.15, 0.2) is 24.3 Å². The second-order valence-corrected chi connectivity index (χ2v) is 8.16. The zero-order valence-electron chi connectivity index (χ0n) is 16.0. The maximum atomic E-state index is 13.5. The summed E-state index contributed by atoms with van der Waals surface area (Å²) >= 11 is 0. The van der Waals surface area contributed by atoms with E-state index in [1.807, 2.05) is 4.90 Å². The van der Waals surface area contributed by atoms with Crippen LogP contribution in [-0.4, -0.2) is 34.8 Å². The first-order valence-corrected chi connectivity index (χ1v) is 10.2. The highest BCUT2D eigenvalue weighted by molar-refractivity contribution is 5.97. The summed E-state index contributed by atoms with van der Waals surface area (Å²) in [7, 11) is 0. The molecule has 1 aliphatic heterocycles. The molecule has 2 aromatic rings. The van der Waals surface area contributed by atoms with Crippen LogP contribution < -0.4 is 5.73 Å². The van der Waals surface area contributed by atoms with E-state index in [0.717, 1.165) is 32.2 Å². The van der Waals surface area contributed by atoms with Crippen molar-refractivity contribution in [1.82, 2.24) is 9.88 Å². The van der Waals surface area contributed by atoms with E-state index >= 15 is 0 Å². The minimum atomic E-state index is -0.567. The number of aromatic nitrogens is 1. The van der Waals surface area contributed by atoms with E-state index in [0.29, 0.717) is 41.0 Å². The van der Waals surface area contributed by atoms with Gasteiger partial charge in [-0.1, -0.05) is 12.8 Å². The van der Waals surface area contributed by atoms with Gasteiger partial charge in [0.25, 0.3) is 5.91 Å². The third-order valence-electron chi connectivity index (χ3n) is 6.17. The molecule has 5 nitrogen and oxygen atoms in total. The molecule has 1 aliphatic carbocycles. The molecule has 0 bridgehead atoms. The molecule has 1 atom stereocenters. The van der Waals surface area contributed by atoms with Gasteiger partial charge in [-0.3, -0.25) is 14.6 Å². The number of carbonyl (C=O) groups is 2. The number of amides is 2.